The molecule has 6 heteroatoms. The molecule has 0 aromatic heterocycles. The minimum Gasteiger partial charge on any atom is -0.386 e. The third-order valence-electron chi connectivity index (χ3n) is 1.36. The van der Waals surface area contributed by atoms with E-state index in [1.807, 2.05) is 0 Å². The Hall–Kier alpha value is -0.390. The zero-order valence-electron chi connectivity index (χ0n) is 6.33. The van der Waals surface area contributed by atoms with Crippen LogP contribution in [0.1, 0.15) is 19.8 Å². The van der Waals surface area contributed by atoms with Gasteiger partial charge in [0.15, 0.2) is 0 Å². The van der Waals surface area contributed by atoms with Crippen LogP contribution in [0.25, 0.3) is 0 Å². The number of alkyl halides is 5. The van der Waals surface area contributed by atoms with Gasteiger partial charge in [0.1, 0.15) is 6.10 Å². The van der Waals surface area contributed by atoms with Crippen molar-refractivity contribution in [3.63, 3.8) is 0 Å². The Morgan fingerprint density at radius 3 is 1.83 bits per heavy atom. The fourth-order valence-corrected chi connectivity index (χ4v) is 0.644. The second kappa shape index (κ2) is 3.55. The Labute approximate surface area is 66.2 Å². The van der Waals surface area contributed by atoms with E-state index in [1.54, 1.807) is 0 Å². The monoisotopic (exact) mass is 192 g/mol. The topological polar surface area (TPSA) is 20.2 Å². The maximum Gasteiger partial charge on any atom is 0.456 e. The van der Waals surface area contributed by atoms with Crippen LogP contribution in [-0.4, -0.2) is 23.3 Å². The van der Waals surface area contributed by atoms with Crippen molar-refractivity contribution < 1.29 is 27.1 Å². The number of rotatable bonds is 3. The molecule has 0 aromatic carbocycles. The average Bonchev–Trinajstić information content (AvgIpc) is 1.85. The van der Waals surface area contributed by atoms with Crippen molar-refractivity contribution in [2.24, 2.45) is 0 Å². The molecule has 0 radical (unpaired) electrons. The fraction of sp³-hybridized carbons (Fsp3) is 1.00. The molecule has 1 nitrogen and oxygen atoms in total. The first-order valence-electron chi connectivity index (χ1n) is 3.36. The molecule has 0 saturated carbocycles. The molecule has 0 aliphatic carbocycles. The van der Waals surface area contributed by atoms with Crippen LogP contribution in [0.4, 0.5) is 22.0 Å². The van der Waals surface area contributed by atoms with Gasteiger partial charge in [-0.2, -0.15) is 22.0 Å². The van der Waals surface area contributed by atoms with Gasteiger partial charge in [0.25, 0.3) is 0 Å². The molecule has 0 aliphatic heterocycles. The van der Waals surface area contributed by atoms with Gasteiger partial charge in [0.05, 0.1) is 0 Å². The van der Waals surface area contributed by atoms with Crippen molar-refractivity contribution in [1.82, 2.24) is 0 Å². The first kappa shape index (κ1) is 11.6. The lowest BCUT2D eigenvalue weighted by molar-refractivity contribution is -0.313. The summed E-state index contributed by atoms with van der Waals surface area (Å²) in [6.07, 6.45) is -8.79. The highest BCUT2D eigenvalue weighted by atomic mass is 19.4. The van der Waals surface area contributed by atoms with E-state index in [0.29, 0.717) is 0 Å². The maximum absolute atomic E-state index is 12.1. The molecular weight excluding hydrogens is 183 g/mol. The molecule has 0 spiro atoms. The van der Waals surface area contributed by atoms with Crippen LogP contribution in [0, 0.1) is 0 Å². The van der Waals surface area contributed by atoms with Gasteiger partial charge >= 0.3 is 12.1 Å². The van der Waals surface area contributed by atoms with Crippen molar-refractivity contribution in [3.05, 3.63) is 0 Å². The SMILES string of the molecule is CCCC(O)C(F)(F)C(F)(F)F. The fourth-order valence-electron chi connectivity index (χ4n) is 0.644. The number of hydrogen-bond donors (Lipinski definition) is 1. The zero-order valence-corrected chi connectivity index (χ0v) is 6.33. The van der Waals surface area contributed by atoms with E-state index in [9.17, 15) is 22.0 Å². The molecule has 1 unspecified atom stereocenters. The molecule has 0 fully saturated rings. The number of aliphatic hydroxyl groups excluding tert-OH is 1. The van der Waals surface area contributed by atoms with Gasteiger partial charge in [0, 0.05) is 0 Å². The predicted molar refractivity (Wildman–Crippen MR) is 31.9 cm³/mol. The van der Waals surface area contributed by atoms with Crippen LogP contribution in [0.3, 0.4) is 0 Å². The summed E-state index contributed by atoms with van der Waals surface area (Å²) in [5.41, 5.74) is 0. The van der Waals surface area contributed by atoms with Crippen LogP contribution in [-0.2, 0) is 0 Å². The molecule has 0 heterocycles. The van der Waals surface area contributed by atoms with Gasteiger partial charge in [-0.1, -0.05) is 13.3 Å². The highest BCUT2D eigenvalue weighted by Gasteiger charge is 2.61. The minimum atomic E-state index is -5.67. The maximum atomic E-state index is 12.1. The van der Waals surface area contributed by atoms with Gasteiger partial charge in [-0.25, -0.2) is 0 Å². The normalized spacial score (nSPS) is 16.2. The summed E-state index contributed by atoms with van der Waals surface area (Å²) in [4.78, 5) is 0. The first-order chi connectivity index (χ1) is 5.23. The van der Waals surface area contributed by atoms with Crippen molar-refractivity contribution in [3.8, 4) is 0 Å². The molecule has 1 N–H and O–H groups in total. The average molecular weight is 192 g/mol. The van der Waals surface area contributed by atoms with Gasteiger partial charge in [-0.15, -0.1) is 0 Å². The van der Waals surface area contributed by atoms with Crippen LogP contribution in [0.2, 0.25) is 0 Å². The van der Waals surface area contributed by atoms with E-state index >= 15 is 0 Å². The van der Waals surface area contributed by atoms with Gasteiger partial charge in [-0.05, 0) is 6.42 Å². The Morgan fingerprint density at radius 1 is 1.17 bits per heavy atom. The summed E-state index contributed by atoms with van der Waals surface area (Å²) in [5, 5.41) is 8.44. The molecule has 0 aromatic rings. The largest absolute Gasteiger partial charge is 0.456 e. The Morgan fingerprint density at radius 2 is 1.58 bits per heavy atom. The van der Waals surface area contributed by atoms with E-state index in [-0.39, 0.29) is 6.42 Å². The molecule has 1 atom stereocenters. The highest BCUT2D eigenvalue weighted by Crippen LogP contribution is 2.39. The summed E-state index contributed by atoms with van der Waals surface area (Å²) < 4.78 is 58.8. The van der Waals surface area contributed by atoms with Crippen LogP contribution in [0.5, 0.6) is 0 Å². The summed E-state index contributed by atoms with van der Waals surface area (Å²) in [6, 6.07) is 0. The number of hydrogen-bond acceptors (Lipinski definition) is 1. The number of halogens is 5. The third kappa shape index (κ3) is 2.30. The third-order valence-corrected chi connectivity index (χ3v) is 1.36. The minimum absolute atomic E-state index is 0.0762. The summed E-state index contributed by atoms with van der Waals surface area (Å²) in [7, 11) is 0. The second-order valence-electron chi connectivity index (χ2n) is 2.43. The molecule has 0 bridgehead atoms. The van der Waals surface area contributed by atoms with Crippen molar-refractivity contribution >= 4 is 0 Å². The van der Waals surface area contributed by atoms with Crippen molar-refractivity contribution in [1.29, 1.82) is 0 Å². The Balaban J connectivity index is 4.38. The lowest BCUT2D eigenvalue weighted by Crippen LogP contribution is -2.46. The van der Waals surface area contributed by atoms with E-state index in [2.05, 4.69) is 0 Å². The van der Waals surface area contributed by atoms with Crippen molar-refractivity contribution in [2.45, 2.75) is 38.0 Å². The summed E-state index contributed by atoms with van der Waals surface area (Å²) in [5.74, 6) is -5.00. The van der Waals surface area contributed by atoms with Crippen LogP contribution < -0.4 is 0 Å². The van der Waals surface area contributed by atoms with E-state index in [0.717, 1.165) is 0 Å². The molecular formula is C6H9F5O. The van der Waals surface area contributed by atoms with E-state index in [1.165, 1.54) is 6.92 Å². The standard InChI is InChI=1S/C6H9F5O/c1-2-3-4(12)5(7,8)6(9,10)11/h4,12H,2-3H2,1H3. The van der Waals surface area contributed by atoms with Crippen LogP contribution >= 0.6 is 0 Å². The molecule has 0 aliphatic rings. The quantitative estimate of drug-likeness (QED) is 0.680. The van der Waals surface area contributed by atoms with Gasteiger partial charge in [0.2, 0.25) is 0 Å². The molecule has 0 amide bonds. The molecule has 12 heavy (non-hydrogen) atoms. The smallest absolute Gasteiger partial charge is 0.386 e. The molecule has 74 valence electrons. The highest BCUT2D eigenvalue weighted by molar-refractivity contribution is 4.83. The zero-order chi connectivity index (χ0) is 9.99. The van der Waals surface area contributed by atoms with E-state index < -0.39 is 24.6 Å². The first-order valence-corrected chi connectivity index (χ1v) is 3.36. The number of aliphatic hydroxyl groups is 1. The van der Waals surface area contributed by atoms with Gasteiger partial charge in [-0.3, -0.25) is 0 Å². The van der Waals surface area contributed by atoms with E-state index in [4.69, 9.17) is 5.11 Å². The summed E-state index contributed by atoms with van der Waals surface area (Å²) >= 11 is 0. The van der Waals surface area contributed by atoms with Gasteiger partial charge < -0.3 is 5.11 Å². The lowest BCUT2D eigenvalue weighted by Gasteiger charge is -2.24. The Bertz CT molecular complexity index is 141. The molecule has 0 rings (SSSR count). The molecule has 0 saturated heterocycles. The van der Waals surface area contributed by atoms with Crippen LogP contribution in [0.15, 0.2) is 0 Å². The second-order valence-corrected chi connectivity index (χ2v) is 2.43. The Kier molecular flexibility index (Phi) is 3.44. The van der Waals surface area contributed by atoms with Crippen molar-refractivity contribution in [2.75, 3.05) is 0 Å². The lowest BCUT2D eigenvalue weighted by atomic mass is 10.1. The summed E-state index contributed by atoms with van der Waals surface area (Å²) in [6.45, 7) is 1.41. The predicted octanol–water partition coefficient (Wildman–Crippen LogP) is 2.35.